The van der Waals surface area contributed by atoms with E-state index in [0.29, 0.717) is 5.92 Å². The number of rotatable bonds is 5. The number of likely N-dealkylation sites (tertiary alicyclic amines) is 1. The smallest absolute Gasteiger partial charge is 0.253 e. The third kappa shape index (κ3) is 3.47. The van der Waals surface area contributed by atoms with Gasteiger partial charge in [0.2, 0.25) is 0 Å². The maximum atomic E-state index is 12.7. The normalized spacial score (nSPS) is 18.8. The molecule has 1 aromatic carbocycles. The van der Waals surface area contributed by atoms with Gasteiger partial charge in [0.1, 0.15) is 0 Å². The Bertz CT molecular complexity index is 640. The minimum atomic E-state index is 0.145. The second-order valence-electron chi connectivity index (χ2n) is 5.93. The zero-order valence-corrected chi connectivity index (χ0v) is 13.8. The van der Waals surface area contributed by atoms with Crippen LogP contribution < -0.4 is 0 Å². The van der Waals surface area contributed by atoms with Crippen molar-refractivity contribution in [3.05, 3.63) is 29.3 Å². The van der Waals surface area contributed by atoms with Crippen molar-refractivity contribution in [1.82, 2.24) is 9.88 Å². The number of hydrogen-bond acceptors (Lipinski definition) is 4. The van der Waals surface area contributed by atoms with Gasteiger partial charge in [0.15, 0.2) is 0 Å². The highest BCUT2D eigenvalue weighted by Crippen LogP contribution is 2.24. The molecule has 1 aliphatic heterocycles. The third-order valence-corrected chi connectivity index (χ3v) is 5.15. The molecule has 1 fully saturated rings. The van der Waals surface area contributed by atoms with E-state index in [9.17, 15) is 4.79 Å². The van der Waals surface area contributed by atoms with Crippen LogP contribution in [0.4, 0.5) is 0 Å². The Morgan fingerprint density at radius 3 is 3.27 bits per heavy atom. The van der Waals surface area contributed by atoms with E-state index in [1.165, 1.54) is 6.42 Å². The van der Waals surface area contributed by atoms with Gasteiger partial charge in [-0.3, -0.25) is 4.79 Å². The number of fused-ring (bicyclic) bond motifs is 1. The molecule has 1 saturated heterocycles. The number of amides is 1. The fourth-order valence-corrected chi connectivity index (χ4v) is 3.83. The zero-order valence-electron chi connectivity index (χ0n) is 13.0. The second-order valence-corrected chi connectivity index (χ2v) is 6.82. The van der Waals surface area contributed by atoms with Crippen molar-refractivity contribution in [2.75, 3.05) is 26.8 Å². The van der Waals surface area contributed by atoms with Crippen molar-refractivity contribution in [2.24, 2.45) is 5.92 Å². The van der Waals surface area contributed by atoms with Gasteiger partial charge in [0, 0.05) is 32.4 Å². The summed E-state index contributed by atoms with van der Waals surface area (Å²) < 4.78 is 6.26. The topological polar surface area (TPSA) is 42.4 Å². The average molecular weight is 318 g/mol. The van der Waals surface area contributed by atoms with Crippen LogP contribution in [0.15, 0.2) is 23.7 Å². The third-order valence-electron chi connectivity index (χ3n) is 4.34. The maximum Gasteiger partial charge on any atom is 0.253 e. The standard InChI is InChI=1S/C17H22N2O2S/c1-21-9-3-5-13-4-2-8-19(11-13)17(20)14-6-7-16-15(10-14)18-12-22-16/h6-7,10,12-13H,2-5,8-9,11H2,1H3/t13-/m1/s1. The Morgan fingerprint density at radius 1 is 1.50 bits per heavy atom. The van der Waals surface area contributed by atoms with Gasteiger partial charge in [0.25, 0.3) is 5.91 Å². The van der Waals surface area contributed by atoms with Gasteiger partial charge in [-0.1, -0.05) is 0 Å². The van der Waals surface area contributed by atoms with Crippen molar-refractivity contribution in [3.63, 3.8) is 0 Å². The summed E-state index contributed by atoms with van der Waals surface area (Å²) in [5, 5.41) is 0. The number of thiazole rings is 1. The van der Waals surface area contributed by atoms with Crippen LogP contribution in [0.2, 0.25) is 0 Å². The predicted molar refractivity (Wildman–Crippen MR) is 89.4 cm³/mol. The first-order chi connectivity index (χ1) is 10.8. The Labute approximate surface area is 135 Å². The van der Waals surface area contributed by atoms with Gasteiger partial charge >= 0.3 is 0 Å². The molecule has 0 N–H and O–H groups in total. The Kier molecular flexibility index (Phi) is 5.05. The van der Waals surface area contributed by atoms with Crippen LogP contribution >= 0.6 is 11.3 Å². The summed E-state index contributed by atoms with van der Waals surface area (Å²) in [7, 11) is 1.74. The van der Waals surface area contributed by atoms with E-state index in [-0.39, 0.29) is 5.91 Å². The molecule has 0 bridgehead atoms. The number of carbonyl (C=O) groups excluding carboxylic acids is 1. The lowest BCUT2D eigenvalue weighted by molar-refractivity contribution is 0.0660. The van der Waals surface area contributed by atoms with Gasteiger partial charge in [0.05, 0.1) is 15.7 Å². The molecule has 3 rings (SSSR count). The fourth-order valence-electron chi connectivity index (χ4n) is 3.17. The number of aromatic nitrogens is 1. The molecule has 118 valence electrons. The van der Waals surface area contributed by atoms with E-state index in [1.54, 1.807) is 18.4 Å². The van der Waals surface area contributed by atoms with Crippen LogP contribution in [-0.2, 0) is 4.74 Å². The van der Waals surface area contributed by atoms with Gasteiger partial charge < -0.3 is 9.64 Å². The molecule has 1 atom stereocenters. The van der Waals surface area contributed by atoms with Crippen molar-refractivity contribution in [3.8, 4) is 0 Å². The van der Waals surface area contributed by atoms with Crippen molar-refractivity contribution >= 4 is 27.5 Å². The molecule has 0 radical (unpaired) electrons. The second kappa shape index (κ2) is 7.20. The first kappa shape index (κ1) is 15.4. The van der Waals surface area contributed by atoms with Gasteiger partial charge in [-0.25, -0.2) is 4.98 Å². The average Bonchev–Trinajstić information content (AvgIpc) is 3.02. The number of piperidine rings is 1. The monoisotopic (exact) mass is 318 g/mol. The lowest BCUT2D eigenvalue weighted by Crippen LogP contribution is -2.40. The molecule has 0 aliphatic carbocycles. The molecular formula is C17H22N2O2S. The molecule has 1 aromatic heterocycles. The fraction of sp³-hybridized carbons (Fsp3) is 0.529. The molecule has 1 aliphatic rings. The predicted octanol–water partition coefficient (Wildman–Crippen LogP) is 3.58. The summed E-state index contributed by atoms with van der Waals surface area (Å²) in [6.07, 6.45) is 4.54. The maximum absolute atomic E-state index is 12.7. The van der Waals surface area contributed by atoms with Crippen molar-refractivity contribution in [1.29, 1.82) is 0 Å². The molecule has 22 heavy (non-hydrogen) atoms. The minimum Gasteiger partial charge on any atom is -0.385 e. The van der Waals surface area contributed by atoms with E-state index < -0.39 is 0 Å². The molecule has 0 unspecified atom stereocenters. The lowest BCUT2D eigenvalue weighted by atomic mass is 9.93. The highest BCUT2D eigenvalue weighted by Gasteiger charge is 2.24. The number of ether oxygens (including phenoxy) is 1. The van der Waals surface area contributed by atoms with Crippen LogP contribution in [0.1, 0.15) is 36.0 Å². The molecule has 0 spiro atoms. The number of carbonyl (C=O) groups is 1. The molecule has 4 nitrogen and oxygen atoms in total. The van der Waals surface area contributed by atoms with Crippen LogP contribution in [0.3, 0.4) is 0 Å². The summed E-state index contributed by atoms with van der Waals surface area (Å²) >= 11 is 1.61. The highest BCUT2D eigenvalue weighted by molar-refractivity contribution is 7.16. The number of nitrogens with zero attached hydrogens (tertiary/aromatic N) is 2. The van der Waals surface area contributed by atoms with E-state index in [1.807, 2.05) is 28.6 Å². The summed E-state index contributed by atoms with van der Waals surface area (Å²) in [6.45, 7) is 2.55. The zero-order chi connectivity index (χ0) is 15.4. The van der Waals surface area contributed by atoms with E-state index in [2.05, 4.69) is 4.98 Å². The SMILES string of the molecule is COCCC[C@H]1CCCN(C(=O)c2ccc3scnc3c2)C1. The molecule has 2 heterocycles. The first-order valence-corrected chi connectivity index (χ1v) is 8.77. The molecule has 0 saturated carbocycles. The summed E-state index contributed by atoms with van der Waals surface area (Å²) in [6, 6.07) is 5.85. The lowest BCUT2D eigenvalue weighted by Gasteiger charge is -2.33. The molecule has 5 heteroatoms. The quantitative estimate of drug-likeness (QED) is 0.791. The molecule has 1 amide bonds. The number of methoxy groups -OCH3 is 1. The number of hydrogen-bond donors (Lipinski definition) is 0. The van der Waals surface area contributed by atoms with Gasteiger partial charge in [-0.05, 0) is 49.8 Å². The Morgan fingerprint density at radius 2 is 2.41 bits per heavy atom. The summed E-state index contributed by atoms with van der Waals surface area (Å²) in [4.78, 5) is 19.0. The largest absolute Gasteiger partial charge is 0.385 e. The van der Waals surface area contributed by atoms with Gasteiger partial charge in [-0.15, -0.1) is 11.3 Å². The van der Waals surface area contributed by atoms with Crippen LogP contribution in [0.25, 0.3) is 10.2 Å². The van der Waals surface area contributed by atoms with Crippen molar-refractivity contribution < 1.29 is 9.53 Å². The first-order valence-electron chi connectivity index (χ1n) is 7.89. The van der Waals surface area contributed by atoms with E-state index >= 15 is 0 Å². The van der Waals surface area contributed by atoms with E-state index in [4.69, 9.17) is 4.74 Å². The van der Waals surface area contributed by atoms with Crippen LogP contribution in [-0.4, -0.2) is 42.6 Å². The highest BCUT2D eigenvalue weighted by atomic mass is 32.1. The van der Waals surface area contributed by atoms with E-state index in [0.717, 1.165) is 54.7 Å². The Balaban J connectivity index is 1.65. The number of benzene rings is 1. The minimum absolute atomic E-state index is 0.145. The Hall–Kier alpha value is -1.46. The summed E-state index contributed by atoms with van der Waals surface area (Å²) in [5.74, 6) is 0.752. The molecule has 2 aromatic rings. The van der Waals surface area contributed by atoms with Crippen LogP contribution in [0, 0.1) is 5.92 Å². The van der Waals surface area contributed by atoms with Gasteiger partial charge in [-0.2, -0.15) is 0 Å². The van der Waals surface area contributed by atoms with Crippen LogP contribution in [0.5, 0.6) is 0 Å². The summed E-state index contributed by atoms with van der Waals surface area (Å²) in [5.41, 5.74) is 3.51. The molecular weight excluding hydrogens is 296 g/mol. The van der Waals surface area contributed by atoms with Crippen molar-refractivity contribution in [2.45, 2.75) is 25.7 Å².